The molecule has 3 N–H and O–H groups in total. The number of hydrogen-bond donors (Lipinski definition) is 2. The maximum atomic E-state index is 13.1. The van der Waals surface area contributed by atoms with Crippen LogP contribution in [0.2, 0.25) is 0 Å². The molecule has 1 saturated heterocycles. The number of carbonyl (C=O) groups is 1. The first-order valence-electron chi connectivity index (χ1n) is 5.09. The molecule has 1 heterocycles. The lowest BCUT2D eigenvalue weighted by atomic mass is 10.1. The highest BCUT2D eigenvalue weighted by Crippen LogP contribution is 2.16. The molecule has 1 aromatic carbocycles. The molecule has 1 aromatic rings. The van der Waals surface area contributed by atoms with Gasteiger partial charge in [0.1, 0.15) is 5.82 Å². The predicted molar refractivity (Wildman–Crippen MR) is 57.3 cm³/mol. The van der Waals surface area contributed by atoms with E-state index < -0.39 is 11.9 Å². The van der Waals surface area contributed by atoms with Gasteiger partial charge in [0.15, 0.2) is 0 Å². The molecule has 1 aliphatic heterocycles. The van der Waals surface area contributed by atoms with E-state index in [2.05, 4.69) is 0 Å². The van der Waals surface area contributed by atoms with E-state index in [9.17, 15) is 14.3 Å². The summed E-state index contributed by atoms with van der Waals surface area (Å²) in [5, 5.41) is 9.31. The molecule has 1 atom stereocenters. The number of nitrogens with two attached hydrogens (primary N) is 1. The zero-order chi connectivity index (χ0) is 11.7. The van der Waals surface area contributed by atoms with Gasteiger partial charge >= 0.3 is 0 Å². The SMILES string of the molecule is Nc1cc(F)cc(C(=O)N2CC[C@H](O)C2)c1. The molecular weight excluding hydrogens is 211 g/mol. The monoisotopic (exact) mass is 224 g/mol. The number of benzene rings is 1. The molecule has 1 fully saturated rings. The van der Waals surface area contributed by atoms with E-state index in [1.807, 2.05) is 0 Å². The highest BCUT2D eigenvalue weighted by molar-refractivity contribution is 5.95. The molecule has 86 valence electrons. The van der Waals surface area contributed by atoms with E-state index in [4.69, 9.17) is 5.73 Å². The van der Waals surface area contributed by atoms with Crippen molar-refractivity contribution in [3.05, 3.63) is 29.6 Å². The van der Waals surface area contributed by atoms with Crippen molar-refractivity contribution in [1.29, 1.82) is 0 Å². The third-order valence-corrected chi connectivity index (χ3v) is 2.62. The van der Waals surface area contributed by atoms with Crippen LogP contribution in [0.25, 0.3) is 0 Å². The molecule has 0 aliphatic carbocycles. The van der Waals surface area contributed by atoms with Gasteiger partial charge in [-0.3, -0.25) is 4.79 Å². The number of likely N-dealkylation sites (tertiary alicyclic amines) is 1. The van der Waals surface area contributed by atoms with Gasteiger partial charge < -0.3 is 15.7 Å². The lowest BCUT2D eigenvalue weighted by Crippen LogP contribution is -2.29. The molecule has 16 heavy (non-hydrogen) atoms. The van der Waals surface area contributed by atoms with Gasteiger partial charge in [0.2, 0.25) is 0 Å². The molecule has 1 aliphatic rings. The predicted octanol–water partition coefficient (Wildman–Crippen LogP) is 0.615. The largest absolute Gasteiger partial charge is 0.399 e. The number of anilines is 1. The van der Waals surface area contributed by atoms with E-state index in [-0.39, 0.29) is 17.2 Å². The van der Waals surface area contributed by atoms with E-state index >= 15 is 0 Å². The standard InChI is InChI=1S/C11H13FN2O2/c12-8-3-7(4-9(13)5-8)11(16)14-2-1-10(15)6-14/h3-5,10,15H,1-2,6,13H2/t10-/m0/s1. The van der Waals surface area contributed by atoms with Crippen molar-refractivity contribution < 1.29 is 14.3 Å². The van der Waals surface area contributed by atoms with Crippen molar-refractivity contribution >= 4 is 11.6 Å². The summed E-state index contributed by atoms with van der Waals surface area (Å²) in [4.78, 5) is 13.4. The zero-order valence-electron chi connectivity index (χ0n) is 8.69. The Kier molecular flexibility index (Phi) is 2.78. The second kappa shape index (κ2) is 4.09. The van der Waals surface area contributed by atoms with Crippen LogP contribution in [-0.2, 0) is 0 Å². The summed E-state index contributed by atoms with van der Waals surface area (Å²) in [5.41, 5.74) is 5.92. The van der Waals surface area contributed by atoms with Crippen LogP contribution in [0.4, 0.5) is 10.1 Å². The lowest BCUT2D eigenvalue weighted by molar-refractivity contribution is 0.0764. The fourth-order valence-electron chi connectivity index (χ4n) is 1.84. The first-order valence-corrected chi connectivity index (χ1v) is 5.09. The van der Waals surface area contributed by atoms with Crippen molar-refractivity contribution in [2.75, 3.05) is 18.8 Å². The maximum absolute atomic E-state index is 13.1. The van der Waals surface area contributed by atoms with E-state index in [0.717, 1.165) is 12.1 Å². The number of nitrogen functional groups attached to an aromatic ring is 1. The molecule has 0 spiro atoms. The number of hydrogen-bond acceptors (Lipinski definition) is 3. The normalized spacial score (nSPS) is 20.1. The van der Waals surface area contributed by atoms with E-state index in [1.54, 1.807) is 0 Å². The number of aliphatic hydroxyl groups is 1. The number of aliphatic hydroxyl groups excluding tert-OH is 1. The minimum atomic E-state index is -0.525. The quantitative estimate of drug-likeness (QED) is 0.687. The first kappa shape index (κ1) is 10.9. The lowest BCUT2D eigenvalue weighted by Gasteiger charge is -2.15. The average molecular weight is 224 g/mol. The Morgan fingerprint density at radius 3 is 2.81 bits per heavy atom. The van der Waals surface area contributed by atoms with Crippen LogP contribution in [-0.4, -0.2) is 35.1 Å². The first-order chi connectivity index (χ1) is 7.56. The number of β-amino-alcohol motifs (C(OH)–C–C–N with tert-alkyl or cyclic N) is 1. The molecule has 0 aromatic heterocycles. The fourth-order valence-corrected chi connectivity index (χ4v) is 1.84. The molecule has 1 amide bonds. The second-order valence-electron chi connectivity index (χ2n) is 3.97. The van der Waals surface area contributed by atoms with Crippen LogP contribution in [0.3, 0.4) is 0 Å². The van der Waals surface area contributed by atoms with Gasteiger partial charge in [0.05, 0.1) is 6.10 Å². The fraction of sp³-hybridized carbons (Fsp3) is 0.364. The van der Waals surface area contributed by atoms with Crippen molar-refractivity contribution in [2.45, 2.75) is 12.5 Å². The van der Waals surface area contributed by atoms with Gasteiger partial charge in [-0.1, -0.05) is 0 Å². The number of halogens is 1. The molecule has 0 radical (unpaired) electrons. The number of nitrogens with zero attached hydrogens (tertiary/aromatic N) is 1. The number of amides is 1. The highest BCUT2D eigenvalue weighted by atomic mass is 19.1. The maximum Gasteiger partial charge on any atom is 0.254 e. The van der Waals surface area contributed by atoms with Crippen LogP contribution in [0, 0.1) is 5.82 Å². The summed E-state index contributed by atoms with van der Waals surface area (Å²) >= 11 is 0. The Labute approximate surface area is 92.5 Å². The van der Waals surface area contributed by atoms with Gasteiger partial charge in [0, 0.05) is 24.3 Å². The Morgan fingerprint density at radius 1 is 1.50 bits per heavy atom. The molecule has 0 bridgehead atoms. The summed E-state index contributed by atoms with van der Waals surface area (Å²) in [5.74, 6) is -0.814. The summed E-state index contributed by atoms with van der Waals surface area (Å²) in [7, 11) is 0. The summed E-state index contributed by atoms with van der Waals surface area (Å²) in [6.45, 7) is 0.797. The molecule has 4 nitrogen and oxygen atoms in total. The third kappa shape index (κ3) is 2.14. The Morgan fingerprint density at radius 2 is 2.25 bits per heavy atom. The van der Waals surface area contributed by atoms with Crippen LogP contribution in [0.5, 0.6) is 0 Å². The minimum absolute atomic E-state index is 0.225. The van der Waals surface area contributed by atoms with Crippen molar-refractivity contribution in [2.24, 2.45) is 0 Å². The number of rotatable bonds is 1. The molecule has 5 heteroatoms. The van der Waals surface area contributed by atoms with E-state index in [1.165, 1.54) is 11.0 Å². The molecule has 0 unspecified atom stereocenters. The van der Waals surface area contributed by atoms with Crippen LogP contribution >= 0.6 is 0 Å². The average Bonchev–Trinajstić information content (AvgIpc) is 2.62. The summed E-state index contributed by atoms with van der Waals surface area (Å²) < 4.78 is 13.1. The van der Waals surface area contributed by atoms with Gasteiger partial charge in [-0.25, -0.2) is 4.39 Å². The van der Waals surface area contributed by atoms with Gasteiger partial charge in [0.25, 0.3) is 5.91 Å². The van der Waals surface area contributed by atoms with Crippen molar-refractivity contribution in [3.63, 3.8) is 0 Å². The van der Waals surface area contributed by atoms with Crippen LogP contribution < -0.4 is 5.73 Å². The van der Waals surface area contributed by atoms with E-state index in [0.29, 0.717) is 19.5 Å². The van der Waals surface area contributed by atoms with Crippen LogP contribution in [0.1, 0.15) is 16.8 Å². The van der Waals surface area contributed by atoms with Gasteiger partial charge in [-0.15, -0.1) is 0 Å². The third-order valence-electron chi connectivity index (χ3n) is 2.62. The zero-order valence-corrected chi connectivity index (χ0v) is 8.69. The number of carbonyl (C=O) groups excluding carboxylic acids is 1. The molecule has 2 rings (SSSR count). The topological polar surface area (TPSA) is 66.6 Å². The summed E-state index contributed by atoms with van der Waals surface area (Å²) in [6.07, 6.45) is 0.0890. The minimum Gasteiger partial charge on any atom is -0.399 e. The Bertz CT molecular complexity index is 402. The molecular formula is C11H13FN2O2. The van der Waals surface area contributed by atoms with Gasteiger partial charge in [-0.05, 0) is 24.6 Å². The smallest absolute Gasteiger partial charge is 0.254 e. The second-order valence-corrected chi connectivity index (χ2v) is 3.97. The van der Waals surface area contributed by atoms with Crippen molar-refractivity contribution in [3.8, 4) is 0 Å². The van der Waals surface area contributed by atoms with Gasteiger partial charge in [-0.2, -0.15) is 0 Å². The Balaban J connectivity index is 2.20. The molecule has 0 saturated carbocycles. The van der Waals surface area contributed by atoms with Crippen LogP contribution in [0.15, 0.2) is 18.2 Å². The van der Waals surface area contributed by atoms with Crippen molar-refractivity contribution in [1.82, 2.24) is 4.90 Å². The summed E-state index contributed by atoms with van der Waals surface area (Å²) in [6, 6.07) is 3.76. The Hall–Kier alpha value is -1.62. The highest BCUT2D eigenvalue weighted by Gasteiger charge is 2.25.